The Hall–Kier alpha value is -0.690. The summed E-state index contributed by atoms with van der Waals surface area (Å²) < 4.78 is 16.6. The maximum absolute atomic E-state index is 12.3. The molecule has 1 saturated carbocycles. The first kappa shape index (κ1) is 16.7. The van der Waals surface area contributed by atoms with Crippen LogP contribution in [0, 0.1) is 0 Å². The normalized spacial score (nSPS) is 23.5. The number of ether oxygens (including phenoxy) is 3. The van der Waals surface area contributed by atoms with Crippen LogP contribution in [0.2, 0.25) is 0 Å². The Morgan fingerprint density at radius 3 is 2.67 bits per heavy atom. The van der Waals surface area contributed by atoms with Crippen LogP contribution in [0.5, 0.6) is 0 Å². The molecule has 0 spiro atoms. The highest BCUT2D eigenvalue weighted by Crippen LogP contribution is 2.20. The number of nitrogens with zero attached hydrogens (tertiary/aromatic N) is 1. The van der Waals surface area contributed by atoms with Crippen molar-refractivity contribution in [3.63, 3.8) is 0 Å². The van der Waals surface area contributed by atoms with E-state index < -0.39 is 0 Å². The molecule has 21 heavy (non-hydrogen) atoms. The van der Waals surface area contributed by atoms with Crippen LogP contribution in [0.15, 0.2) is 0 Å². The van der Waals surface area contributed by atoms with E-state index in [2.05, 4.69) is 10.2 Å². The molecule has 122 valence electrons. The van der Waals surface area contributed by atoms with Gasteiger partial charge < -0.3 is 19.5 Å². The van der Waals surface area contributed by atoms with Crippen molar-refractivity contribution in [1.29, 1.82) is 0 Å². The minimum absolute atomic E-state index is 0.0987. The number of carbonyl (C=O) groups excluding carboxylic acids is 1. The fourth-order valence-corrected chi connectivity index (χ4v) is 2.53. The average molecular weight is 300 g/mol. The van der Waals surface area contributed by atoms with Crippen LogP contribution in [0.3, 0.4) is 0 Å². The van der Waals surface area contributed by atoms with Crippen LogP contribution >= 0.6 is 0 Å². The molecule has 2 aliphatic rings. The predicted octanol–water partition coefficient (Wildman–Crippen LogP) is 0.755. The zero-order valence-corrected chi connectivity index (χ0v) is 13.2. The molecular weight excluding hydrogens is 272 g/mol. The zero-order chi connectivity index (χ0) is 15.1. The molecule has 0 aromatic heterocycles. The van der Waals surface area contributed by atoms with Crippen molar-refractivity contribution in [3.05, 3.63) is 0 Å². The van der Waals surface area contributed by atoms with Gasteiger partial charge in [0.05, 0.1) is 13.2 Å². The number of hydrogen-bond donors (Lipinski definition) is 1. The predicted molar refractivity (Wildman–Crippen MR) is 79.0 cm³/mol. The van der Waals surface area contributed by atoms with Crippen molar-refractivity contribution in [2.24, 2.45) is 0 Å². The standard InChI is InChI=1S/C15H28N2O4/c1-3-20-14(21-4-2)7-8-17-9-10-19-11-13(17)15(18)16-12-5-6-12/h12-14H,3-11H2,1-2H3,(H,16,18). The first-order chi connectivity index (χ1) is 10.2. The van der Waals surface area contributed by atoms with Gasteiger partial charge in [0, 0.05) is 38.8 Å². The lowest BCUT2D eigenvalue weighted by atomic mass is 10.2. The summed E-state index contributed by atoms with van der Waals surface area (Å²) >= 11 is 0. The number of nitrogens with one attached hydrogen (secondary N) is 1. The fraction of sp³-hybridized carbons (Fsp3) is 0.933. The molecule has 0 aromatic rings. The van der Waals surface area contributed by atoms with E-state index in [0.29, 0.717) is 32.5 Å². The molecule has 1 N–H and O–H groups in total. The molecule has 2 fully saturated rings. The van der Waals surface area contributed by atoms with Crippen LogP contribution in [0.1, 0.15) is 33.1 Å². The lowest BCUT2D eigenvalue weighted by Crippen LogP contribution is -2.54. The first-order valence-electron chi connectivity index (χ1n) is 8.10. The van der Waals surface area contributed by atoms with E-state index in [-0.39, 0.29) is 18.2 Å². The third-order valence-corrected chi connectivity index (χ3v) is 3.82. The molecule has 1 aliphatic carbocycles. The summed E-state index contributed by atoms with van der Waals surface area (Å²) in [7, 11) is 0. The molecule has 0 radical (unpaired) electrons. The van der Waals surface area contributed by atoms with Gasteiger partial charge in [-0.3, -0.25) is 9.69 Å². The molecule has 1 aliphatic heterocycles. The number of amides is 1. The SMILES string of the molecule is CCOC(CCN1CCOCC1C(=O)NC1CC1)OCC. The second kappa shape index (κ2) is 8.68. The minimum Gasteiger partial charge on any atom is -0.378 e. The van der Waals surface area contributed by atoms with Gasteiger partial charge in [0.2, 0.25) is 5.91 Å². The van der Waals surface area contributed by atoms with Crippen molar-refractivity contribution in [1.82, 2.24) is 10.2 Å². The topological polar surface area (TPSA) is 60.0 Å². The number of morpholine rings is 1. The third-order valence-electron chi connectivity index (χ3n) is 3.82. The minimum atomic E-state index is -0.185. The Morgan fingerprint density at radius 1 is 1.33 bits per heavy atom. The van der Waals surface area contributed by atoms with Crippen LogP contribution in [0.25, 0.3) is 0 Å². The molecular formula is C15H28N2O4. The van der Waals surface area contributed by atoms with Gasteiger partial charge in [-0.05, 0) is 26.7 Å². The van der Waals surface area contributed by atoms with E-state index in [1.807, 2.05) is 13.8 Å². The van der Waals surface area contributed by atoms with Gasteiger partial charge in [-0.1, -0.05) is 0 Å². The highest BCUT2D eigenvalue weighted by molar-refractivity contribution is 5.82. The monoisotopic (exact) mass is 300 g/mol. The quantitative estimate of drug-likeness (QED) is 0.637. The fourth-order valence-electron chi connectivity index (χ4n) is 2.53. The molecule has 1 heterocycles. The number of hydrogen-bond acceptors (Lipinski definition) is 5. The lowest BCUT2D eigenvalue weighted by molar-refractivity contribution is -0.148. The second-order valence-electron chi connectivity index (χ2n) is 5.54. The van der Waals surface area contributed by atoms with Gasteiger partial charge in [0.25, 0.3) is 0 Å². The Kier molecular flexibility index (Phi) is 6.89. The third kappa shape index (κ3) is 5.54. The van der Waals surface area contributed by atoms with Crippen molar-refractivity contribution in [2.75, 3.05) is 39.5 Å². The Morgan fingerprint density at radius 2 is 2.05 bits per heavy atom. The Labute approximate surface area is 127 Å². The highest BCUT2D eigenvalue weighted by atomic mass is 16.7. The van der Waals surface area contributed by atoms with Crippen molar-refractivity contribution in [2.45, 2.75) is 51.5 Å². The molecule has 1 unspecified atom stereocenters. The summed E-state index contributed by atoms with van der Waals surface area (Å²) in [6.45, 7) is 7.94. The molecule has 1 atom stereocenters. The maximum atomic E-state index is 12.3. The molecule has 0 bridgehead atoms. The summed E-state index contributed by atoms with van der Waals surface area (Å²) in [5, 5.41) is 3.07. The van der Waals surface area contributed by atoms with Crippen molar-refractivity contribution < 1.29 is 19.0 Å². The van der Waals surface area contributed by atoms with Gasteiger partial charge in [0.1, 0.15) is 6.04 Å². The van der Waals surface area contributed by atoms with Gasteiger partial charge in [0.15, 0.2) is 6.29 Å². The van der Waals surface area contributed by atoms with Gasteiger partial charge in [-0.15, -0.1) is 0 Å². The van der Waals surface area contributed by atoms with Crippen LogP contribution < -0.4 is 5.32 Å². The molecule has 1 saturated heterocycles. The molecule has 1 amide bonds. The number of rotatable bonds is 9. The van der Waals surface area contributed by atoms with E-state index in [9.17, 15) is 4.79 Å². The van der Waals surface area contributed by atoms with Gasteiger partial charge >= 0.3 is 0 Å². The largest absolute Gasteiger partial charge is 0.378 e. The van der Waals surface area contributed by atoms with Crippen molar-refractivity contribution in [3.8, 4) is 0 Å². The Balaban J connectivity index is 1.80. The molecule has 2 rings (SSSR count). The molecule has 6 heteroatoms. The number of carbonyl (C=O) groups is 1. The zero-order valence-electron chi connectivity index (χ0n) is 13.2. The van der Waals surface area contributed by atoms with E-state index in [1.54, 1.807) is 0 Å². The summed E-state index contributed by atoms with van der Waals surface area (Å²) in [5.74, 6) is 0.0987. The lowest BCUT2D eigenvalue weighted by Gasteiger charge is -2.35. The molecule has 0 aromatic carbocycles. The van der Waals surface area contributed by atoms with E-state index in [1.165, 1.54) is 0 Å². The van der Waals surface area contributed by atoms with Crippen LogP contribution in [0.4, 0.5) is 0 Å². The first-order valence-corrected chi connectivity index (χ1v) is 8.10. The summed E-state index contributed by atoms with van der Waals surface area (Å²) in [6.07, 6.45) is 2.80. The van der Waals surface area contributed by atoms with Crippen LogP contribution in [-0.2, 0) is 19.0 Å². The van der Waals surface area contributed by atoms with Gasteiger partial charge in [-0.2, -0.15) is 0 Å². The highest BCUT2D eigenvalue weighted by Gasteiger charge is 2.33. The smallest absolute Gasteiger partial charge is 0.239 e. The van der Waals surface area contributed by atoms with E-state index in [0.717, 1.165) is 32.4 Å². The average Bonchev–Trinajstić information content (AvgIpc) is 3.29. The van der Waals surface area contributed by atoms with Crippen molar-refractivity contribution >= 4 is 5.91 Å². The maximum Gasteiger partial charge on any atom is 0.239 e. The van der Waals surface area contributed by atoms with E-state index in [4.69, 9.17) is 14.2 Å². The summed E-state index contributed by atoms with van der Waals surface area (Å²) in [4.78, 5) is 14.4. The Bertz CT molecular complexity index is 317. The summed E-state index contributed by atoms with van der Waals surface area (Å²) in [6, 6.07) is 0.212. The molecule has 6 nitrogen and oxygen atoms in total. The second-order valence-corrected chi connectivity index (χ2v) is 5.54. The summed E-state index contributed by atoms with van der Waals surface area (Å²) in [5.41, 5.74) is 0. The van der Waals surface area contributed by atoms with E-state index >= 15 is 0 Å². The van der Waals surface area contributed by atoms with Crippen LogP contribution in [-0.4, -0.2) is 68.7 Å². The van der Waals surface area contributed by atoms with Gasteiger partial charge in [-0.25, -0.2) is 0 Å².